The van der Waals surface area contributed by atoms with Crippen LogP contribution >= 0.6 is 11.3 Å². The third-order valence-electron chi connectivity index (χ3n) is 5.78. The molecule has 6 heteroatoms. The van der Waals surface area contributed by atoms with Crippen molar-refractivity contribution in [1.29, 1.82) is 0 Å². The Kier molecular flexibility index (Phi) is 8.26. The van der Waals surface area contributed by atoms with E-state index >= 15 is 0 Å². The van der Waals surface area contributed by atoms with E-state index < -0.39 is 0 Å². The monoisotopic (exact) mass is 453 g/mol. The molecular formula is C26H35N3O2S. The number of fused-ring (bicyclic) bond motifs is 1. The number of ether oxygens (including phenoxy) is 1. The number of likely N-dealkylation sites (N-methyl/N-ethyl adjacent to an activating group) is 1. The van der Waals surface area contributed by atoms with Gasteiger partial charge in [-0.25, -0.2) is 4.98 Å². The number of anilines is 1. The van der Waals surface area contributed by atoms with Crippen molar-refractivity contribution < 1.29 is 9.53 Å². The number of benzene rings is 2. The van der Waals surface area contributed by atoms with E-state index in [-0.39, 0.29) is 12.5 Å². The molecule has 0 bridgehead atoms. The van der Waals surface area contributed by atoms with Gasteiger partial charge in [-0.1, -0.05) is 57.2 Å². The van der Waals surface area contributed by atoms with Gasteiger partial charge in [-0.3, -0.25) is 9.69 Å². The SMILES string of the molecule is CCN(CC)CCN(C(=O)COc1ccc(C(C)C)cc1)c1nc2cc(C)cc(C)c2s1. The predicted octanol–water partition coefficient (Wildman–Crippen LogP) is 5.79. The second kappa shape index (κ2) is 10.9. The lowest BCUT2D eigenvalue weighted by molar-refractivity contribution is -0.120. The minimum atomic E-state index is -0.0708. The first-order chi connectivity index (χ1) is 15.3. The van der Waals surface area contributed by atoms with E-state index in [0.717, 1.165) is 35.0 Å². The maximum absolute atomic E-state index is 13.3. The zero-order valence-electron chi connectivity index (χ0n) is 20.1. The van der Waals surface area contributed by atoms with Crippen LogP contribution in [-0.4, -0.2) is 48.6 Å². The van der Waals surface area contributed by atoms with E-state index in [4.69, 9.17) is 9.72 Å². The first-order valence-corrected chi connectivity index (χ1v) is 12.3. The van der Waals surface area contributed by atoms with Crippen molar-refractivity contribution in [3.63, 3.8) is 0 Å². The molecule has 0 spiro atoms. The molecule has 0 aliphatic carbocycles. The fourth-order valence-corrected chi connectivity index (χ4v) is 4.82. The zero-order chi connectivity index (χ0) is 23.3. The van der Waals surface area contributed by atoms with Gasteiger partial charge in [0.05, 0.1) is 10.2 Å². The van der Waals surface area contributed by atoms with Gasteiger partial charge in [-0.15, -0.1) is 0 Å². The van der Waals surface area contributed by atoms with Crippen molar-refractivity contribution >= 4 is 32.6 Å². The molecule has 0 saturated carbocycles. The topological polar surface area (TPSA) is 45.7 Å². The summed E-state index contributed by atoms with van der Waals surface area (Å²) in [4.78, 5) is 22.2. The van der Waals surface area contributed by atoms with Crippen molar-refractivity contribution in [2.75, 3.05) is 37.7 Å². The highest BCUT2D eigenvalue weighted by atomic mass is 32.1. The summed E-state index contributed by atoms with van der Waals surface area (Å²) < 4.78 is 6.99. The van der Waals surface area contributed by atoms with Gasteiger partial charge in [0.1, 0.15) is 5.75 Å². The molecule has 0 atom stereocenters. The quantitative estimate of drug-likeness (QED) is 0.390. The Morgan fingerprint density at radius 1 is 1.06 bits per heavy atom. The third-order valence-corrected chi connectivity index (χ3v) is 7.01. The second-order valence-corrected chi connectivity index (χ2v) is 9.49. The molecule has 0 fully saturated rings. The molecular weight excluding hydrogens is 418 g/mol. The maximum atomic E-state index is 13.3. The number of amides is 1. The standard InChI is InChI=1S/C26H35N3O2S/c1-7-28(8-2)13-14-29(26-27-23-16-19(5)15-20(6)25(23)32-26)24(30)17-31-22-11-9-21(10-12-22)18(3)4/h9-12,15-16,18H,7-8,13-14,17H2,1-6H3. The molecule has 1 amide bonds. The van der Waals surface area contributed by atoms with Crippen molar-refractivity contribution in [2.24, 2.45) is 0 Å². The first kappa shape index (κ1) is 24.2. The molecule has 0 saturated heterocycles. The number of nitrogens with zero attached hydrogens (tertiary/aromatic N) is 3. The number of carbonyl (C=O) groups is 1. The molecule has 0 unspecified atom stereocenters. The fraction of sp³-hybridized carbons (Fsp3) is 0.462. The Bertz CT molecular complexity index is 1040. The normalized spacial score (nSPS) is 11.5. The van der Waals surface area contributed by atoms with E-state index in [0.29, 0.717) is 18.2 Å². The second-order valence-electron chi connectivity index (χ2n) is 8.51. The van der Waals surface area contributed by atoms with Crippen molar-refractivity contribution in [1.82, 2.24) is 9.88 Å². The van der Waals surface area contributed by atoms with Crippen molar-refractivity contribution in [2.45, 2.75) is 47.5 Å². The average molecular weight is 454 g/mol. The van der Waals surface area contributed by atoms with Gasteiger partial charge in [0.2, 0.25) is 0 Å². The summed E-state index contributed by atoms with van der Waals surface area (Å²) in [6, 6.07) is 12.2. The summed E-state index contributed by atoms with van der Waals surface area (Å²) in [7, 11) is 0. The highest BCUT2D eigenvalue weighted by molar-refractivity contribution is 7.22. The smallest absolute Gasteiger partial charge is 0.266 e. The molecule has 0 aliphatic rings. The van der Waals surface area contributed by atoms with Crippen LogP contribution in [0.5, 0.6) is 5.75 Å². The number of hydrogen-bond acceptors (Lipinski definition) is 5. The summed E-state index contributed by atoms with van der Waals surface area (Å²) in [6.07, 6.45) is 0. The van der Waals surface area contributed by atoms with Crippen LogP contribution in [0.1, 0.15) is 50.3 Å². The summed E-state index contributed by atoms with van der Waals surface area (Å²) in [5.41, 5.74) is 4.58. The highest BCUT2D eigenvalue weighted by Gasteiger charge is 2.21. The number of rotatable bonds is 10. The largest absolute Gasteiger partial charge is 0.484 e. The average Bonchev–Trinajstić information content (AvgIpc) is 3.19. The maximum Gasteiger partial charge on any atom is 0.266 e. The van der Waals surface area contributed by atoms with E-state index in [1.807, 2.05) is 12.1 Å². The third kappa shape index (κ3) is 5.87. The van der Waals surface area contributed by atoms with Gasteiger partial charge in [0.15, 0.2) is 11.7 Å². The number of thiazole rings is 1. The Hall–Kier alpha value is -2.44. The van der Waals surface area contributed by atoms with E-state index in [2.05, 4.69) is 70.7 Å². The van der Waals surface area contributed by atoms with Crippen molar-refractivity contribution in [3.05, 3.63) is 53.1 Å². The molecule has 1 heterocycles. The predicted molar refractivity (Wildman–Crippen MR) is 135 cm³/mol. The minimum absolute atomic E-state index is 0.00674. The van der Waals surface area contributed by atoms with Gasteiger partial charge in [0.25, 0.3) is 5.91 Å². The van der Waals surface area contributed by atoms with Crippen LogP contribution in [-0.2, 0) is 4.79 Å². The van der Waals surface area contributed by atoms with Crippen LogP contribution in [0.15, 0.2) is 36.4 Å². The molecule has 172 valence electrons. The Morgan fingerprint density at radius 3 is 2.38 bits per heavy atom. The molecule has 2 aromatic carbocycles. The van der Waals surface area contributed by atoms with Gasteiger partial charge in [0, 0.05) is 13.1 Å². The number of carbonyl (C=O) groups excluding carboxylic acids is 1. The van der Waals surface area contributed by atoms with Crippen molar-refractivity contribution in [3.8, 4) is 5.75 Å². The van der Waals surface area contributed by atoms with Crippen LogP contribution in [0, 0.1) is 13.8 Å². The summed E-state index contributed by atoms with van der Waals surface area (Å²) in [6.45, 7) is 16.1. The van der Waals surface area contributed by atoms with Crippen LogP contribution in [0.25, 0.3) is 10.2 Å². The lowest BCUT2D eigenvalue weighted by Crippen LogP contribution is -2.41. The molecule has 3 rings (SSSR count). The van der Waals surface area contributed by atoms with E-state index in [1.165, 1.54) is 16.7 Å². The number of aryl methyl sites for hydroxylation is 2. The molecule has 32 heavy (non-hydrogen) atoms. The highest BCUT2D eigenvalue weighted by Crippen LogP contribution is 2.32. The molecule has 5 nitrogen and oxygen atoms in total. The van der Waals surface area contributed by atoms with E-state index in [1.54, 1.807) is 16.2 Å². The zero-order valence-corrected chi connectivity index (χ0v) is 21.0. The molecule has 1 aromatic heterocycles. The Morgan fingerprint density at radius 2 is 1.75 bits per heavy atom. The Balaban J connectivity index is 1.80. The van der Waals surface area contributed by atoms with Gasteiger partial charge in [-0.05, 0) is 67.7 Å². The van der Waals surface area contributed by atoms with Crippen LogP contribution in [0.3, 0.4) is 0 Å². The Labute approximate surface area is 196 Å². The minimum Gasteiger partial charge on any atom is -0.484 e. The molecule has 0 radical (unpaired) electrons. The van der Waals surface area contributed by atoms with Crippen LogP contribution in [0.2, 0.25) is 0 Å². The van der Waals surface area contributed by atoms with Crippen LogP contribution in [0.4, 0.5) is 5.13 Å². The van der Waals surface area contributed by atoms with Gasteiger partial charge in [-0.2, -0.15) is 0 Å². The first-order valence-electron chi connectivity index (χ1n) is 11.5. The molecule has 0 N–H and O–H groups in total. The summed E-state index contributed by atoms with van der Waals surface area (Å²) in [5, 5.41) is 0.740. The lowest BCUT2D eigenvalue weighted by Gasteiger charge is -2.24. The fourth-order valence-electron chi connectivity index (χ4n) is 3.76. The van der Waals surface area contributed by atoms with Gasteiger partial charge < -0.3 is 9.64 Å². The number of hydrogen-bond donors (Lipinski definition) is 0. The van der Waals surface area contributed by atoms with E-state index in [9.17, 15) is 4.79 Å². The van der Waals surface area contributed by atoms with Gasteiger partial charge >= 0.3 is 0 Å². The molecule has 0 aliphatic heterocycles. The summed E-state index contributed by atoms with van der Waals surface area (Å²) >= 11 is 1.58. The molecule has 3 aromatic rings. The summed E-state index contributed by atoms with van der Waals surface area (Å²) in [5.74, 6) is 1.10. The number of aromatic nitrogens is 1. The lowest BCUT2D eigenvalue weighted by atomic mass is 10.0. The van der Waals surface area contributed by atoms with Crippen LogP contribution < -0.4 is 9.64 Å².